The van der Waals surface area contributed by atoms with Crippen LogP contribution in [0.4, 0.5) is 13.2 Å². The topological polar surface area (TPSA) is 63.1 Å². The number of nitrogens with zero attached hydrogens (tertiary/aromatic N) is 2. The summed E-state index contributed by atoms with van der Waals surface area (Å²) in [4.78, 5) is 22.1. The van der Waals surface area contributed by atoms with Crippen molar-refractivity contribution >= 4 is 50.6 Å². The van der Waals surface area contributed by atoms with Gasteiger partial charge in [0.25, 0.3) is 0 Å². The van der Waals surface area contributed by atoms with Gasteiger partial charge in [-0.3, -0.25) is 4.79 Å². The number of aliphatic carboxylic acids is 1. The molecule has 0 unspecified atom stereocenters. The van der Waals surface area contributed by atoms with E-state index in [1.807, 2.05) is 26.0 Å². The molecule has 2 aromatic carbocycles. The lowest BCUT2D eigenvalue weighted by molar-refractivity contribution is -0.138. The number of hydrogen-bond acceptors (Lipinski definition) is 6. The lowest BCUT2D eigenvalue weighted by atomic mass is 10.1. The van der Waals surface area contributed by atoms with Crippen molar-refractivity contribution in [3.63, 3.8) is 0 Å². The van der Waals surface area contributed by atoms with Crippen molar-refractivity contribution < 1.29 is 23.1 Å². The predicted octanol–water partition coefficient (Wildman–Crippen LogP) is 6.97. The fourth-order valence-electron chi connectivity index (χ4n) is 3.12. The summed E-state index contributed by atoms with van der Waals surface area (Å²) >= 11 is 4.50. The van der Waals surface area contributed by atoms with Gasteiger partial charge in [-0.25, -0.2) is 9.97 Å². The number of hydrogen-bond donors (Lipinski definition) is 1. The molecule has 0 aliphatic rings. The highest BCUT2D eigenvalue weighted by Gasteiger charge is 2.30. The van der Waals surface area contributed by atoms with Gasteiger partial charge in [0.2, 0.25) is 0 Å². The van der Waals surface area contributed by atoms with Gasteiger partial charge in [-0.05, 0) is 37.6 Å². The molecular weight excluding hydrogens is 477 g/mol. The van der Waals surface area contributed by atoms with Crippen LogP contribution in [0.25, 0.3) is 20.8 Å². The average molecular weight is 495 g/mol. The fraction of sp³-hybridized carbons (Fsp3) is 0.227. The third-order valence-electron chi connectivity index (χ3n) is 4.76. The summed E-state index contributed by atoms with van der Waals surface area (Å²) < 4.78 is 39.4. The van der Waals surface area contributed by atoms with E-state index in [0.29, 0.717) is 21.3 Å². The molecular formula is C22H17F3N2O2S3. The maximum atomic E-state index is 12.8. The van der Waals surface area contributed by atoms with E-state index < -0.39 is 17.7 Å². The van der Waals surface area contributed by atoms with E-state index in [1.165, 1.54) is 34.8 Å². The summed E-state index contributed by atoms with van der Waals surface area (Å²) in [5, 5.41) is 10.3. The van der Waals surface area contributed by atoms with Crippen molar-refractivity contribution in [2.24, 2.45) is 0 Å². The van der Waals surface area contributed by atoms with Crippen LogP contribution in [0, 0.1) is 13.8 Å². The SMILES string of the molecule is Cc1ccc2nc(CC(=O)O)sc2c1SCc1sc(-c2ccc(C(F)(F)F)cc2)nc1C. The Hall–Kier alpha value is -2.43. The second-order valence-corrected chi connectivity index (χ2v) is 10.3. The maximum absolute atomic E-state index is 12.8. The van der Waals surface area contributed by atoms with Gasteiger partial charge < -0.3 is 5.11 Å². The van der Waals surface area contributed by atoms with Crippen molar-refractivity contribution in [2.75, 3.05) is 0 Å². The van der Waals surface area contributed by atoms with Gasteiger partial charge in [-0.2, -0.15) is 13.2 Å². The number of carbonyl (C=O) groups is 1. The average Bonchev–Trinajstić information content (AvgIpc) is 3.29. The van der Waals surface area contributed by atoms with E-state index in [1.54, 1.807) is 11.8 Å². The normalized spacial score (nSPS) is 11.9. The number of thiazole rings is 2. The highest BCUT2D eigenvalue weighted by molar-refractivity contribution is 7.99. The number of aromatic nitrogens is 2. The zero-order chi connectivity index (χ0) is 23.0. The van der Waals surface area contributed by atoms with Gasteiger partial charge in [-0.15, -0.1) is 34.4 Å². The number of aryl methyl sites for hydroxylation is 2. The number of rotatable bonds is 6. The van der Waals surface area contributed by atoms with Gasteiger partial charge in [0, 0.05) is 21.1 Å². The summed E-state index contributed by atoms with van der Waals surface area (Å²) in [7, 11) is 0. The summed E-state index contributed by atoms with van der Waals surface area (Å²) in [6.45, 7) is 3.90. The first-order valence-corrected chi connectivity index (χ1v) is 12.1. The first-order valence-electron chi connectivity index (χ1n) is 9.49. The second kappa shape index (κ2) is 8.84. The van der Waals surface area contributed by atoms with E-state index in [2.05, 4.69) is 9.97 Å². The van der Waals surface area contributed by atoms with Crippen LogP contribution in [0.15, 0.2) is 41.3 Å². The summed E-state index contributed by atoms with van der Waals surface area (Å²) in [5.74, 6) is -0.262. The molecule has 4 aromatic rings. The van der Waals surface area contributed by atoms with E-state index in [9.17, 15) is 18.0 Å². The molecule has 0 aliphatic carbocycles. The molecule has 32 heavy (non-hydrogen) atoms. The molecule has 0 saturated heterocycles. The van der Waals surface area contributed by atoms with E-state index >= 15 is 0 Å². The van der Waals surface area contributed by atoms with E-state index in [4.69, 9.17) is 5.11 Å². The second-order valence-electron chi connectivity index (χ2n) is 7.13. The number of halogens is 3. The molecule has 0 bridgehead atoms. The van der Waals surface area contributed by atoms with Crippen LogP contribution < -0.4 is 0 Å². The smallest absolute Gasteiger partial charge is 0.416 e. The molecule has 1 N–H and O–H groups in total. The van der Waals surface area contributed by atoms with Crippen LogP contribution in [0.3, 0.4) is 0 Å². The van der Waals surface area contributed by atoms with Gasteiger partial charge in [0.05, 0.1) is 27.9 Å². The zero-order valence-electron chi connectivity index (χ0n) is 17.0. The fourth-order valence-corrected chi connectivity index (χ4v) is 6.76. The Balaban J connectivity index is 1.57. The number of thioether (sulfide) groups is 1. The minimum absolute atomic E-state index is 0.104. The Labute approximate surface area is 194 Å². The molecule has 4 rings (SSSR count). The molecule has 0 aliphatic heterocycles. The summed E-state index contributed by atoms with van der Waals surface area (Å²) in [5.41, 5.74) is 2.68. The molecule has 166 valence electrons. The van der Waals surface area contributed by atoms with Crippen molar-refractivity contribution in [3.8, 4) is 10.6 Å². The molecule has 0 atom stereocenters. The van der Waals surface area contributed by atoms with Gasteiger partial charge in [0.1, 0.15) is 10.0 Å². The molecule has 2 aromatic heterocycles. The summed E-state index contributed by atoms with van der Waals surface area (Å²) in [6.07, 6.45) is -4.47. The molecule has 0 radical (unpaired) electrons. The lowest BCUT2D eigenvalue weighted by Crippen LogP contribution is -2.03. The Morgan fingerprint density at radius 3 is 2.44 bits per heavy atom. The highest BCUT2D eigenvalue weighted by Crippen LogP contribution is 2.39. The number of carboxylic acid groups (broad SMARTS) is 1. The number of fused-ring (bicyclic) bond motifs is 1. The zero-order valence-corrected chi connectivity index (χ0v) is 19.4. The number of alkyl halides is 3. The largest absolute Gasteiger partial charge is 0.481 e. The Kier molecular flexibility index (Phi) is 6.28. The monoisotopic (exact) mass is 494 g/mol. The van der Waals surface area contributed by atoms with Crippen LogP contribution in [-0.2, 0) is 23.1 Å². The van der Waals surface area contributed by atoms with Crippen LogP contribution in [0.5, 0.6) is 0 Å². The van der Waals surface area contributed by atoms with Crippen LogP contribution >= 0.6 is 34.4 Å². The van der Waals surface area contributed by atoms with Crippen LogP contribution in [0.2, 0.25) is 0 Å². The molecule has 2 heterocycles. The van der Waals surface area contributed by atoms with Crippen molar-refractivity contribution in [3.05, 3.63) is 63.1 Å². The quantitative estimate of drug-likeness (QED) is 0.293. The predicted molar refractivity (Wildman–Crippen MR) is 123 cm³/mol. The molecule has 0 amide bonds. The number of carboxylic acids is 1. The number of benzene rings is 2. The first-order chi connectivity index (χ1) is 15.1. The minimum Gasteiger partial charge on any atom is -0.481 e. The molecule has 10 heteroatoms. The van der Waals surface area contributed by atoms with Gasteiger partial charge in [0.15, 0.2) is 0 Å². The highest BCUT2D eigenvalue weighted by atomic mass is 32.2. The first kappa shape index (κ1) is 22.8. The van der Waals surface area contributed by atoms with Gasteiger partial charge >= 0.3 is 12.1 Å². The Morgan fingerprint density at radius 1 is 1.06 bits per heavy atom. The van der Waals surface area contributed by atoms with E-state index in [-0.39, 0.29) is 6.42 Å². The summed E-state index contributed by atoms with van der Waals surface area (Å²) in [6, 6.07) is 8.92. The van der Waals surface area contributed by atoms with E-state index in [0.717, 1.165) is 43.4 Å². The third kappa shape index (κ3) is 4.82. The third-order valence-corrected chi connectivity index (χ3v) is 8.61. The van der Waals surface area contributed by atoms with Gasteiger partial charge in [-0.1, -0.05) is 18.2 Å². The molecule has 4 nitrogen and oxygen atoms in total. The van der Waals surface area contributed by atoms with Crippen molar-refractivity contribution in [2.45, 2.75) is 37.1 Å². The van der Waals surface area contributed by atoms with Crippen molar-refractivity contribution in [1.82, 2.24) is 9.97 Å². The maximum Gasteiger partial charge on any atom is 0.416 e. The Bertz CT molecular complexity index is 1290. The lowest BCUT2D eigenvalue weighted by Gasteiger charge is -2.06. The standard InChI is InChI=1S/C22H17F3N2O2S3/c1-11-3-8-15-20(32-17(27-15)9-18(28)29)19(11)30-10-16-12(2)26-21(31-16)13-4-6-14(7-5-13)22(23,24)25/h3-8H,9-10H2,1-2H3,(H,28,29). The van der Waals surface area contributed by atoms with Crippen molar-refractivity contribution in [1.29, 1.82) is 0 Å². The van der Waals surface area contributed by atoms with Crippen LogP contribution in [0.1, 0.15) is 26.7 Å². The molecule has 0 saturated carbocycles. The van der Waals surface area contributed by atoms with Crippen LogP contribution in [-0.4, -0.2) is 21.0 Å². The minimum atomic E-state index is -4.36. The Morgan fingerprint density at radius 2 is 1.78 bits per heavy atom. The molecule has 0 fully saturated rings. The molecule has 0 spiro atoms.